The molecule has 23 heavy (non-hydrogen) atoms. The van der Waals surface area contributed by atoms with Gasteiger partial charge in [0.15, 0.2) is 5.69 Å². The lowest BCUT2D eigenvalue weighted by Gasteiger charge is -2.14. The van der Waals surface area contributed by atoms with Crippen molar-refractivity contribution in [3.8, 4) is 17.2 Å². The van der Waals surface area contributed by atoms with Crippen LogP contribution in [0.1, 0.15) is 10.5 Å². The van der Waals surface area contributed by atoms with Gasteiger partial charge in [0, 0.05) is 16.8 Å². The van der Waals surface area contributed by atoms with E-state index in [9.17, 15) is 9.90 Å². The number of rotatable bonds is 4. The first-order valence-electron chi connectivity index (χ1n) is 6.86. The molecule has 0 aliphatic carbocycles. The van der Waals surface area contributed by atoms with Gasteiger partial charge in [-0.3, -0.25) is 0 Å². The van der Waals surface area contributed by atoms with Crippen molar-refractivity contribution in [2.45, 2.75) is 0 Å². The number of aromatic nitrogens is 1. The molecule has 0 aliphatic rings. The lowest BCUT2D eigenvalue weighted by Crippen LogP contribution is -2.04. The summed E-state index contributed by atoms with van der Waals surface area (Å²) in [4.78, 5) is 16.0. The number of carbonyl (C=O) groups is 1. The van der Waals surface area contributed by atoms with Crippen molar-refractivity contribution in [3.05, 3.63) is 36.0 Å². The van der Waals surface area contributed by atoms with Crippen molar-refractivity contribution in [1.82, 2.24) is 4.98 Å². The van der Waals surface area contributed by atoms with Gasteiger partial charge in [0.05, 0.1) is 26.7 Å². The lowest BCUT2D eigenvalue weighted by atomic mass is 10.0. The molecule has 118 valence electrons. The Balaban J connectivity index is 2.59. The fourth-order valence-corrected chi connectivity index (χ4v) is 2.67. The number of hydrogen-bond acceptors (Lipinski definition) is 5. The van der Waals surface area contributed by atoms with Crippen molar-refractivity contribution in [2.24, 2.45) is 0 Å². The van der Waals surface area contributed by atoms with Crippen molar-refractivity contribution in [2.75, 3.05) is 21.3 Å². The topological polar surface area (TPSA) is 77.9 Å². The van der Waals surface area contributed by atoms with Gasteiger partial charge in [-0.05, 0) is 12.1 Å². The van der Waals surface area contributed by atoms with Gasteiger partial charge < -0.3 is 19.3 Å². The second kappa shape index (κ2) is 5.64. The predicted molar refractivity (Wildman–Crippen MR) is 85.9 cm³/mol. The zero-order valence-corrected chi connectivity index (χ0v) is 12.9. The van der Waals surface area contributed by atoms with Gasteiger partial charge in [-0.1, -0.05) is 12.1 Å². The van der Waals surface area contributed by atoms with Crippen LogP contribution in [0.15, 0.2) is 30.3 Å². The minimum atomic E-state index is -1.13. The number of aromatic carboxylic acids is 1. The van der Waals surface area contributed by atoms with Crippen LogP contribution in [0, 0.1) is 0 Å². The van der Waals surface area contributed by atoms with Gasteiger partial charge in [-0.25, -0.2) is 9.78 Å². The Bertz CT molecular complexity index is 920. The third-order valence-electron chi connectivity index (χ3n) is 3.70. The van der Waals surface area contributed by atoms with Crippen LogP contribution in [0.2, 0.25) is 0 Å². The Hall–Kier alpha value is -3.02. The molecule has 0 atom stereocenters. The highest BCUT2D eigenvalue weighted by atomic mass is 16.5. The first kappa shape index (κ1) is 14.9. The largest absolute Gasteiger partial charge is 0.497 e. The molecule has 0 amide bonds. The Kier molecular flexibility index (Phi) is 3.65. The van der Waals surface area contributed by atoms with Crippen molar-refractivity contribution in [3.63, 3.8) is 0 Å². The number of para-hydroxylation sites is 1. The lowest BCUT2D eigenvalue weighted by molar-refractivity contribution is 0.0693. The summed E-state index contributed by atoms with van der Waals surface area (Å²) in [5.74, 6) is 0.343. The van der Waals surface area contributed by atoms with Gasteiger partial charge in [0.1, 0.15) is 22.8 Å². The summed E-state index contributed by atoms with van der Waals surface area (Å²) in [7, 11) is 4.55. The van der Waals surface area contributed by atoms with E-state index in [0.717, 1.165) is 5.39 Å². The Morgan fingerprint density at radius 1 is 1.00 bits per heavy atom. The molecular weight excluding hydrogens is 298 g/mol. The summed E-state index contributed by atoms with van der Waals surface area (Å²) in [5, 5.41) is 11.4. The summed E-state index contributed by atoms with van der Waals surface area (Å²) in [5.41, 5.74) is 0.395. The van der Waals surface area contributed by atoms with Crippen molar-refractivity contribution < 1.29 is 24.1 Å². The smallest absolute Gasteiger partial charge is 0.355 e. The average Bonchev–Trinajstić information content (AvgIpc) is 2.58. The van der Waals surface area contributed by atoms with E-state index in [1.807, 2.05) is 12.1 Å². The van der Waals surface area contributed by atoms with Crippen molar-refractivity contribution >= 4 is 27.6 Å². The van der Waals surface area contributed by atoms with E-state index in [4.69, 9.17) is 14.2 Å². The monoisotopic (exact) mass is 313 g/mol. The minimum absolute atomic E-state index is 0.0866. The summed E-state index contributed by atoms with van der Waals surface area (Å²) >= 11 is 0. The number of methoxy groups -OCH3 is 3. The molecule has 0 radical (unpaired) electrons. The maximum absolute atomic E-state index is 11.7. The summed E-state index contributed by atoms with van der Waals surface area (Å²) in [6.45, 7) is 0. The first-order chi connectivity index (χ1) is 11.1. The molecular formula is C17H15NO5. The molecule has 6 nitrogen and oxygen atoms in total. The maximum atomic E-state index is 11.7. The fraction of sp³-hybridized carbons (Fsp3) is 0.176. The van der Waals surface area contributed by atoms with Gasteiger partial charge >= 0.3 is 5.97 Å². The third-order valence-corrected chi connectivity index (χ3v) is 3.70. The van der Waals surface area contributed by atoms with Crippen LogP contribution in [-0.4, -0.2) is 37.4 Å². The molecule has 6 heteroatoms. The number of carboxylic acids is 1. The molecule has 0 unspecified atom stereocenters. The highest BCUT2D eigenvalue weighted by Gasteiger charge is 2.20. The van der Waals surface area contributed by atoms with E-state index >= 15 is 0 Å². The van der Waals surface area contributed by atoms with Crippen molar-refractivity contribution in [1.29, 1.82) is 0 Å². The van der Waals surface area contributed by atoms with Gasteiger partial charge in [0.25, 0.3) is 0 Å². The zero-order chi connectivity index (χ0) is 16.6. The van der Waals surface area contributed by atoms with Gasteiger partial charge in [0.2, 0.25) is 0 Å². The number of carboxylic acid groups (broad SMARTS) is 1. The quantitative estimate of drug-likeness (QED) is 0.746. The van der Waals surface area contributed by atoms with Gasteiger partial charge in [-0.2, -0.15) is 0 Å². The van der Waals surface area contributed by atoms with E-state index in [1.54, 1.807) is 25.3 Å². The molecule has 2 aromatic carbocycles. The summed E-state index contributed by atoms with van der Waals surface area (Å²) in [6.07, 6.45) is 0. The standard InChI is InChI=1S/C17H15NO5/c1-21-9-7-11-10-5-4-6-12(22-2)15(10)18-16(17(19)20)14(11)13(8-9)23-3/h4-8H,1-3H3,(H,19,20). The van der Waals surface area contributed by atoms with E-state index in [1.165, 1.54) is 14.2 Å². The molecule has 1 heterocycles. The minimum Gasteiger partial charge on any atom is -0.497 e. The van der Waals surface area contributed by atoms with E-state index < -0.39 is 5.97 Å². The number of nitrogens with zero attached hydrogens (tertiary/aromatic N) is 1. The highest BCUT2D eigenvalue weighted by Crippen LogP contribution is 2.39. The third kappa shape index (κ3) is 2.28. The molecule has 0 fully saturated rings. The zero-order valence-electron chi connectivity index (χ0n) is 12.9. The second-order valence-corrected chi connectivity index (χ2v) is 4.87. The van der Waals surface area contributed by atoms with E-state index in [2.05, 4.69) is 4.98 Å². The van der Waals surface area contributed by atoms with Crippen LogP contribution >= 0.6 is 0 Å². The van der Waals surface area contributed by atoms with E-state index in [-0.39, 0.29) is 5.69 Å². The Labute approximate surface area is 132 Å². The average molecular weight is 313 g/mol. The maximum Gasteiger partial charge on any atom is 0.355 e. The van der Waals surface area contributed by atoms with Crippen LogP contribution < -0.4 is 14.2 Å². The molecule has 0 saturated carbocycles. The molecule has 3 aromatic rings. The van der Waals surface area contributed by atoms with Crippen LogP contribution in [0.4, 0.5) is 0 Å². The van der Waals surface area contributed by atoms with Crippen LogP contribution in [-0.2, 0) is 0 Å². The number of pyridine rings is 1. The van der Waals surface area contributed by atoms with Gasteiger partial charge in [-0.15, -0.1) is 0 Å². The Morgan fingerprint density at radius 3 is 2.35 bits per heavy atom. The molecule has 0 aliphatic heterocycles. The Morgan fingerprint density at radius 2 is 1.74 bits per heavy atom. The van der Waals surface area contributed by atoms with Crippen LogP contribution in [0.3, 0.4) is 0 Å². The van der Waals surface area contributed by atoms with Crippen LogP contribution in [0.25, 0.3) is 21.7 Å². The van der Waals surface area contributed by atoms with Crippen LogP contribution in [0.5, 0.6) is 17.2 Å². The van der Waals surface area contributed by atoms with E-state index in [0.29, 0.717) is 33.5 Å². The number of ether oxygens (including phenoxy) is 3. The second-order valence-electron chi connectivity index (χ2n) is 4.87. The molecule has 0 bridgehead atoms. The normalized spacial score (nSPS) is 10.7. The molecule has 0 saturated heterocycles. The summed E-state index contributed by atoms with van der Waals surface area (Å²) in [6, 6.07) is 8.84. The first-order valence-corrected chi connectivity index (χ1v) is 6.86. The molecule has 3 rings (SSSR count). The summed E-state index contributed by atoms with van der Waals surface area (Å²) < 4.78 is 15.9. The fourth-order valence-electron chi connectivity index (χ4n) is 2.67. The SMILES string of the molecule is COc1cc(OC)c2c(C(=O)O)nc3c(OC)cccc3c2c1. The number of fused-ring (bicyclic) bond motifs is 3. The number of benzene rings is 2. The molecule has 1 aromatic heterocycles. The number of hydrogen-bond donors (Lipinski definition) is 1. The molecule has 1 N–H and O–H groups in total. The highest BCUT2D eigenvalue weighted by molar-refractivity contribution is 6.16. The molecule has 0 spiro atoms. The predicted octanol–water partition coefficient (Wildman–Crippen LogP) is 3.11.